The molecule has 0 aliphatic heterocycles. The summed E-state index contributed by atoms with van der Waals surface area (Å²) in [4.78, 5) is 8.12. The summed E-state index contributed by atoms with van der Waals surface area (Å²) in [6, 6.07) is 11.0. The van der Waals surface area contributed by atoms with E-state index in [9.17, 15) is 0 Å². The van der Waals surface area contributed by atoms with Crippen LogP contribution in [0.1, 0.15) is 9.75 Å². The predicted molar refractivity (Wildman–Crippen MR) is 88.1 cm³/mol. The van der Waals surface area contributed by atoms with Gasteiger partial charge in [-0.15, -0.1) is 34.0 Å². The van der Waals surface area contributed by atoms with Gasteiger partial charge < -0.3 is 0 Å². The van der Waals surface area contributed by atoms with E-state index in [0.717, 1.165) is 0 Å². The Morgan fingerprint density at radius 2 is 1.39 bits per heavy atom. The maximum absolute atomic E-state index is 3.69. The predicted octanol–water partition coefficient (Wildman–Crippen LogP) is 6.58. The lowest BCUT2D eigenvalue weighted by Crippen LogP contribution is -1.61. The van der Waals surface area contributed by atoms with Gasteiger partial charge in [-0.3, -0.25) is 0 Å². The number of rotatable bonds is 2. The van der Waals surface area contributed by atoms with Gasteiger partial charge in [0.25, 0.3) is 0 Å². The van der Waals surface area contributed by atoms with Gasteiger partial charge >= 0.3 is 0 Å². The van der Waals surface area contributed by atoms with Crippen LogP contribution in [0.25, 0.3) is 19.5 Å². The lowest BCUT2D eigenvalue weighted by molar-refractivity contribution is 1.64. The second-order valence-electron chi connectivity index (χ2n) is 4.11. The molecule has 3 rings (SSSR count). The Morgan fingerprint density at radius 3 is 1.94 bits per heavy atom. The van der Waals surface area contributed by atoms with E-state index in [0.29, 0.717) is 0 Å². The standard InChI is InChI=1S/C14H11BrS3/c1-8-3-5-11(16-8)13-7-10(15)14(18-13)12-6-4-9(2)17-12/h3-7H,1-2H3. The van der Waals surface area contributed by atoms with Crippen LogP contribution in [-0.4, -0.2) is 0 Å². The molecular formula is C14H11BrS3. The molecule has 0 nitrogen and oxygen atoms in total. The van der Waals surface area contributed by atoms with Gasteiger partial charge in [0.2, 0.25) is 0 Å². The molecule has 0 fully saturated rings. The summed E-state index contributed by atoms with van der Waals surface area (Å²) in [5.74, 6) is 0. The van der Waals surface area contributed by atoms with Gasteiger partial charge in [0, 0.05) is 28.9 Å². The molecule has 0 aliphatic rings. The number of thiophene rings is 3. The largest absolute Gasteiger partial charge is 0.140 e. The molecule has 0 saturated carbocycles. The van der Waals surface area contributed by atoms with E-state index in [4.69, 9.17) is 0 Å². The second kappa shape index (κ2) is 4.93. The summed E-state index contributed by atoms with van der Waals surface area (Å²) >= 11 is 9.26. The first-order valence-corrected chi connectivity index (χ1v) is 8.80. The number of aryl methyl sites for hydroxylation is 2. The molecule has 3 aromatic rings. The molecule has 92 valence electrons. The molecule has 0 spiro atoms. The minimum atomic E-state index is 1.20. The van der Waals surface area contributed by atoms with Crippen molar-refractivity contribution in [2.45, 2.75) is 13.8 Å². The van der Waals surface area contributed by atoms with Crippen LogP contribution < -0.4 is 0 Å². The second-order valence-corrected chi connectivity index (χ2v) is 8.59. The smallest absolute Gasteiger partial charge is 0.0591 e. The average molecular weight is 355 g/mol. The quantitative estimate of drug-likeness (QED) is 0.487. The van der Waals surface area contributed by atoms with Crippen molar-refractivity contribution in [1.29, 1.82) is 0 Å². The summed E-state index contributed by atoms with van der Waals surface area (Å²) in [6.07, 6.45) is 0. The van der Waals surface area contributed by atoms with Crippen LogP contribution >= 0.6 is 49.9 Å². The van der Waals surface area contributed by atoms with Crippen LogP contribution in [-0.2, 0) is 0 Å². The van der Waals surface area contributed by atoms with Crippen molar-refractivity contribution in [3.63, 3.8) is 0 Å². The molecule has 0 bridgehead atoms. The van der Waals surface area contributed by atoms with Gasteiger partial charge in [0.1, 0.15) is 0 Å². The summed E-state index contributed by atoms with van der Waals surface area (Å²) in [6.45, 7) is 4.31. The van der Waals surface area contributed by atoms with E-state index in [1.165, 1.54) is 33.7 Å². The first-order chi connectivity index (χ1) is 8.63. The number of halogens is 1. The minimum absolute atomic E-state index is 1.20. The summed E-state index contributed by atoms with van der Waals surface area (Å²) in [5, 5.41) is 0. The Morgan fingerprint density at radius 1 is 0.778 bits per heavy atom. The maximum Gasteiger partial charge on any atom is 0.0591 e. The Kier molecular flexibility index (Phi) is 3.45. The molecule has 3 aromatic heterocycles. The fourth-order valence-corrected chi connectivity index (χ4v) is 5.74. The Hall–Kier alpha value is -0.420. The fraction of sp³-hybridized carbons (Fsp3) is 0.143. The molecule has 0 radical (unpaired) electrons. The highest BCUT2D eigenvalue weighted by molar-refractivity contribution is 9.10. The zero-order valence-corrected chi connectivity index (χ0v) is 14.0. The normalized spacial score (nSPS) is 11.1. The van der Waals surface area contributed by atoms with E-state index in [1.807, 2.05) is 34.0 Å². The zero-order chi connectivity index (χ0) is 12.7. The molecule has 3 heterocycles. The first-order valence-electron chi connectivity index (χ1n) is 5.56. The van der Waals surface area contributed by atoms with Crippen LogP contribution in [0.2, 0.25) is 0 Å². The van der Waals surface area contributed by atoms with E-state index >= 15 is 0 Å². The topological polar surface area (TPSA) is 0 Å². The van der Waals surface area contributed by atoms with Crippen molar-refractivity contribution in [2.75, 3.05) is 0 Å². The SMILES string of the molecule is Cc1ccc(-c2cc(Br)c(-c3ccc(C)s3)s2)s1. The maximum atomic E-state index is 3.69. The van der Waals surface area contributed by atoms with E-state index in [-0.39, 0.29) is 0 Å². The monoisotopic (exact) mass is 354 g/mol. The van der Waals surface area contributed by atoms with Gasteiger partial charge in [-0.05, 0) is 60.1 Å². The highest BCUT2D eigenvalue weighted by Crippen LogP contribution is 2.44. The van der Waals surface area contributed by atoms with Crippen molar-refractivity contribution < 1.29 is 0 Å². The molecule has 0 saturated heterocycles. The lowest BCUT2D eigenvalue weighted by atomic mass is 10.3. The summed E-state index contributed by atoms with van der Waals surface area (Å²) in [7, 11) is 0. The molecule has 0 atom stereocenters. The number of hydrogen-bond acceptors (Lipinski definition) is 3. The van der Waals surface area contributed by atoms with Gasteiger partial charge in [-0.2, -0.15) is 0 Å². The molecule has 0 unspecified atom stereocenters. The van der Waals surface area contributed by atoms with Crippen LogP contribution in [0.5, 0.6) is 0 Å². The van der Waals surface area contributed by atoms with Crippen LogP contribution in [0.4, 0.5) is 0 Å². The zero-order valence-electron chi connectivity index (χ0n) is 9.99. The summed E-state index contributed by atoms with van der Waals surface area (Å²) in [5.41, 5.74) is 0. The van der Waals surface area contributed by atoms with E-state index < -0.39 is 0 Å². The molecular weight excluding hydrogens is 344 g/mol. The molecule has 0 aliphatic carbocycles. The van der Waals surface area contributed by atoms with Gasteiger partial charge in [-0.25, -0.2) is 0 Å². The third kappa shape index (κ3) is 2.35. The van der Waals surface area contributed by atoms with Crippen molar-refractivity contribution >= 4 is 49.9 Å². The highest BCUT2D eigenvalue weighted by atomic mass is 79.9. The Labute approximate surface area is 127 Å². The molecule has 0 aromatic carbocycles. The fourth-order valence-electron chi connectivity index (χ4n) is 1.78. The van der Waals surface area contributed by atoms with Crippen molar-refractivity contribution in [2.24, 2.45) is 0 Å². The summed E-state index contributed by atoms with van der Waals surface area (Å²) < 4.78 is 1.20. The average Bonchev–Trinajstić information content (AvgIpc) is 2.99. The van der Waals surface area contributed by atoms with Crippen LogP contribution in [0.3, 0.4) is 0 Å². The minimum Gasteiger partial charge on any atom is -0.140 e. The van der Waals surface area contributed by atoms with Gasteiger partial charge in [0.05, 0.1) is 4.88 Å². The Balaban J connectivity index is 2.06. The van der Waals surface area contributed by atoms with Crippen LogP contribution in [0, 0.1) is 13.8 Å². The third-order valence-electron chi connectivity index (χ3n) is 2.63. The molecule has 18 heavy (non-hydrogen) atoms. The third-order valence-corrected chi connectivity index (χ3v) is 7.03. The molecule has 0 N–H and O–H groups in total. The van der Waals surface area contributed by atoms with Crippen molar-refractivity contribution in [3.8, 4) is 19.5 Å². The van der Waals surface area contributed by atoms with Crippen molar-refractivity contribution in [1.82, 2.24) is 0 Å². The highest BCUT2D eigenvalue weighted by Gasteiger charge is 2.12. The Bertz CT molecular complexity index is 688. The van der Waals surface area contributed by atoms with E-state index in [2.05, 4.69) is 60.1 Å². The molecule has 4 heteroatoms. The first kappa shape index (κ1) is 12.6. The molecule has 0 amide bonds. The van der Waals surface area contributed by atoms with E-state index in [1.54, 1.807) is 0 Å². The van der Waals surface area contributed by atoms with Gasteiger partial charge in [-0.1, -0.05) is 0 Å². The van der Waals surface area contributed by atoms with Crippen molar-refractivity contribution in [3.05, 3.63) is 44.6 Å². The van der Waals surface area contributed by atoms with Crippen LogP contribution in [0.15, 0.2) is 34.8 Å². The number of hydrogen-bond donors (Lipinski definition) is 0. The van der Waals surface area contributed by atoms with Gasteiger partial charge in [0.15, 0.2) is 0 Å². The lowest BCUT2D eigenvalue weighted by Gasteiger charge is -1.91.